The lowest BCUT2D eigenvalue weighted by molar-refractivity contribution is -0.138. The quantitative estimate of drug-likeness (QED) is 0.195. The van der Waals surface area contributed by atoms with Crippen molar-refractivity contribution >= 4 is 21.5 Å². The lowest BCUT2D eigenvalue weighted by atomic mass is 9.88. The molecule has 0 nitrogen and oxygen atoms in total. The summed E-state index contributed by atoms with van der Waals surface area (Å²) in [6.07, 6.45) is -8.85. The smallest absolute Gasteiger partial charge is 0.166 e. The van der Waals surface area contributed by atoms with E-state index < -0.39 is 23.5 Å². The summed E-state index contributed by atoms with van der Waals surface area (Å²) in [6, 6.07) is 33.5. The molecule has 0 fully saturated rings. The van der Waals surface area contributed by atoms with Crippen LogP contribution in [0, 0.1) is 0 Å². The van der Waals surface area contributed by atoms with Crippen LogP contribution in [0.2, 0.25) is 0 Å². The van der Waals surface area contributed by atoms with Crippen molar-refractivity contribution < 1.29 is 26.3 Å². The summed E-state index contributed by atoms with van der Waals surface area (Å²) in [5.41, 5.74) is 3.11. The van der Waals surface area contributed by atoms with E-state index in [-0.39, 0.29) is 0 Å². The second-order valence-electron chi connectivity index (χ2n) is 9.64. The van der Waals surface area contributed by atoms with Gasteiger partial charge in [-0.15, -0.1) is 0 Å². The Balaban J connectivity index is 1.57. The molecule has 198 valence electrons. The van der Waals surface area contributed by atoms with Crippen molar-refractivity contribution in [3.63, 3.8) is 0 Å². The molecule has 0 radical (unpaired) electrons. The van der Waals surface area contributed by atoms with E-state index in [9.17, 15) is 26.3 Å². The summed E-state index contributed by atoms with van der Waals surface area (Å²) in [4.78, 5) is 0. The van der Waals surface area contributed by atoms with E-state index in [1.54, 1.807) is 0 Å². The third-order valence-electron chi connectivity index (χ3n) is 7.10. The fourth-order valence-corrected chi connectivity index (χ4v) is 5.10. The first kappa shape index (κ1) is 25.7. The molecule has 0 amide bonds. The van der Waals surface area contributed by atoms with Crippen molar-refractivity contribution in [2.45, 2.75) is 12.4 Å². The van der Waals surface area contributed by atoms with Crippen LogP contribution in [0.15, 0.2) is 121 Å². The fourth-order valence-electron chi connectivity index (χ4n) is 5.10. The molecule has 0 aromatic heterocycles. The van der Waals surface area contributed by atoms with Crippen LogP contribution in [-0.2, 0) is 12.4 Å². The minimum Gasteiger partial charge on any atom is -0.166 e. The van der Waals surface area contributed by atoms with Crippen molar-refractivity contribution in [2.75, 3.05) is 0 Å². The molecule has 0 heterocycles. The van der Waals surface area contributed by atoms with Gasteiger partial charge in [0.1, 0.15) is 0 Å². The second-order valence-corrected chi connectivity index (χ2v) is 9.64. The predicted octanol–water partition coefficient (Wildman–Crippen LogP) is 11.0. The maximum atomic E-state index is 13.2. The number of fused-ring (bicyclic) bond motifs is 2. The minimum absolute atomic E-state index is 0.642. The molecular formula is C34H20F6. The van der Waals surface area contributed by atoms with Gasteiger partial charge < -0.3 is 0 Å². The Labute approximate surface area is 226 Å². The van der Waals surface area contributed by atoms with Gasteiger partial charge in [-0.05, 0) is 103 Å². The zero-order chi connectivity index (χ0) is 28.1. The number of halogens is 6. The Morgan fingerprint density at radius 1 is 0.350 bits per heavy atom. The van der Waals surface area contributed by atoms with E-state index in [1.807, 2.05) is 72.8 Å². The molecule has 0 saturated heterocycles. The van der Waals surface area contributed by atoms with Crippen LogP contribution in [0.4, 0.5) is 26.3 Å². The number of benzene rings is 6. The van der Waals surface area contributed by atoms with Crippen LogP contribution in [0.1, 0.15) is 11.1 Å². The molecule has 6 aromatic carbocycles. The number of hydrogen-bond donors (Lipinski definition) is 0. The average Bonchev–Trinajstić information content (AvgIpc) is 2.95. The fraction of sp³-hybridized carbons (Fsp3) is 0.0588. The van der Waals surface area contributed by atoms with Crippen molar-refractivity contribution in [2.24, 2.45) is 0 Å². The first-order chi connectivity index (χ1) is 19.1. The molecule has 0 bridgehead atoms. The zero-order valence-electron chi connectivity index (χ0n) is 20.8. The van der Waals surface area contributed by atoms with Gasteiger partial charge in [-0.3, -0.25) is 0 Å². The highest BCUT2D eigenvalue weighted by atomic mass is 19.4. The lowest BCUT2D eigenvalue weighted by Crippen LogP contribution is -2.04. The van der Waals surface area contributed by atoms with Gasteiger partial charge in [0.2, 0.25) is 0 Å². The second kappa shape index (κ2) is 9.56. The molecule has 0 N–H and O–H groups in total. The molecule has 40 heavy (non-hydrogen) atoms. The third kappa shape index (κ3) is 4.81. The van der Waals surface area contributed by atoms with Crippen LogP contribution in [0.3, 0.4) is 0 Å². The maximum absolute atomic E-state index is 13.2. The Morgan fingerprint density at radius 2 is 0.700 bits per heavy atom. The Hall–Kier alpha value is -4.58. The number of hydrogen-bond acceptors (Lipinski definition) is 0. The van der Waals surface area contributed by atoms with Crippen molar-refractivity contribution in [3.8, 4) is 33.4 Å². The van der Waals surface area contributed by atoms with Gasteiger partial charge in [-0.1, -0.05) is 72.8 Å². The Morgan fingerprint density at radius 3 is 1.05 bits per heavy atom. The molecule has 6 rings (SSSR count). The van der Waals surface area contributed by atoms with E-state index in [0.717, 1.165) is 68.1 Å². The zero-order valence-corrected chi connectivity index (χ0v) is 20.8. The van der Waals surface area contributed by atoms with Crippen LogP contribution in [0.25, 0.3) is 54.9 Å². The summed E-state index contributed by atoms with van der Waals surface area (Å²) < 4.78 is 79.0. The van der Waals surface area contributed by atoms with E-state index in [2.05, 4.69) is 0 Å². The van der Waals surface area contributed by atoms with Gasteiger partial charge in [0, 0.05) is 0 Å². The van der Waals surface area contributed by atoms with Gasteiger partial charge in [-0.25, -0.2) is 0 Å². The monoisotopic (exact) mass is 542 g/mol. The van der Waals surface area contributed by atoms with E-state index in [1.165, 1.54) is 24.3 Å². The first-order valence-electron chi connectivity index (χ1n) is 12.5. The van der Waals surface area contributed by atoms with Crippen LogP contribution in [-0.4, -0.2) is 0 Å². The van der Waals surface area contributed by atoms with E-state index in [4.69, 9.17) is 0 Å². The third-order valence-corrected chi connectivity index (χ3v) is 7.10. The molecule has 0 spiro atoms. The number of rotatable bonds is 3. The van der Waals surface area contributed by atoms with Gasteiger partial charge >= 0.3 is 12.4 Å². The standard InChI is InChI=1S/C34H20F6/c35-33(36,37)27-13-9-21(10-14-27)25-17-23-5-1-3-7-29(23)31(19-25)32-20-26(18-24-6-2-4-8-30(24)32)22-11-15-28(16-12-22)34(38,39)40/h1-20H. The normalized spacial score (nSPS) is 12.2. The summed E-state index contributed by atoms with van der Waals surface area (Å²) >= 11 is 0. The number of alkyl halides is 6. The minimum atomic E-state index is -4.43. The maximum Gasteiger partial charge on any atom is 0.416 e. The van der Waals surface area contributed by atoms with Crippen LogP contribution >= 0.6 is 0 Å². The van der Waals surface area contributed by atoms with Gasteiger partial charge in [0.15, 0.2) is 0 Å². The highest BCUT2D eigenvalue weighted by molar-refractivity contribution is 6.08. The molecule has 0 unspecified atom stereocenters. The summed E-state index contributed by atoms with van der Waals surface area (Å²) in [5.74, 6) is 0. The molecule has 6 heteroatoms. The Kier molecular flexibility index (Phi) is 6.14. The topological polar surface area (TPSA) is 0 Å². The lowest BCUT2D eigenvalue weighted by Gasteiger charge is -2.16. The van der Waals surface area contributed by atoms with Crippen molar-refractivity contribution in [1.82, 2.24) is 0 Å². The Bertz CT molecular complexity index is 1710. The molecule has 0 atom stereocenters. The van der Waals surface area contributed by atoms with Gasteiger partial charge in [-0.2, -0.15) is 26.3 Å². The summed E-state index contributed by atoms with van der Waals surface area (Å²) in [7, 11) is 0. The van der Waals surface area contributed by atoms with Crippen LogP contribution in [0.5, 0.6) is 0 Å². The largest absolute Gasteiger partial charge is 0.416 e. The molecule has 0 aliphatic heterocycles. The first-order valence-corrected chi connectivity index (χ1v) is 12.5. The molecular weight excluding hydrogens is 522 g/mol. The van der Waals surface area contributed by atoms with Crippen molar-refractivity contribution in [3.05, 3.63) is 132 Å². The molecule has 0 aliphatic carbocycles. The predicted molar refractivity (Wildman–Crippen MR) is 148 cm³/mol. The molecule has 0 aliphatic rings. The molecule has 6 aromatic rings. The van der Waals surface area contributed by atoms with Gasteiger partial charge in [0.05, 0.1) is 11.1 Å². The summed E-state index contributed by atoms with van der Waals surface area (Å²) in [5, 5.41) is 3.73. The highest BCUT2D eigenvalue weighted by Crippen LogP contribution is 2.41. The average molecular weight is 543 g/mol. The van der Waals surface area contributed by atoms with Gasteiger partial charge in [0.25, 0.3) is 0 Å². The van der Waals surface area contributed by atoms with Crippen molar-refractivity contribution in [1.29, 1.82) is 0 Å². The summed E-state index contributed by atoms with van der Waals surface area (Å²) in [6.45, 7) is 0. The van der Waals surface area contributed by atoms with Crippen LogP contribution < -0.4 is 0 Å². The highest BCUT2D eigenvalue weighted by Gasteiger charge is 2.31. The SMILES string of the molecule is FC(F)(F)c1ccc(-c2cc(-c3cc(-c4ccc(C(F)(F)F)cc4)cc4ccccc34)c3ccccc3c2)cc1. The molecule has 0 saturated carbocycles. The van der Waals surface area contributed by atoms with E-state index in [0.29, 0.717) is 11.1 Å². The van der Waals surface area contributed by atoms with E-state index >= 15 is 0 Å².